The Morgan fingerprint density at radius 1 is 1.35 bits per heavy atom. The van der Waals surface area contributed by atoms with Crippen LogP contribution in [-0.2, 0) is 6.18 Å². The maximum absolute atomic E-state index is 12.7. The van der Waals surface area contributed by atoms with Gasteiger partial charge in [-0.15, -0.1) is 5.10 Å². The lowest BCUT2D eigenvalue weighted by Crippen LogP contribution is -2.19. The normalized spacial score (nSPS) is 13.6. The Bertz CT molecular complexity index is 497. The van der Waals surface area contributed by atoms with E-state index in [9.17, 15) is 13.2 Å². The van der Waals surface area contributed by atoms with Crippen LogP contribution in [0.1, 0.15) is 22.9 Å². The first kappa shape index (κ1) is 11.9. The maximum Gasteiger partial charge on any atom is 0.416 e. The second kappa shape index (κ2) is 4.38. The van der Waals surface area contributed by atoms with Gasteiger partial charge >= 0.3 is 6.18 Å². The number of nitrogens with zero attached hydrogens (tertiary/aromatic N) is 3. The van der Waals surface area contributed by atoms with Crippen LogP contribution in [-0.4, -0.2) is 14.6 Å². The number of nitrogens with two attached hydrogens (primary N) is 1. The first-order valence-corrected chi connectivity index (χ1v) is 5.37. The van der Waals surface area contributed by atoms with Crippen LogP contribution in [0.15, 0.2) is 23.8 Å². The van der Waals surface area contributed by atoms with E-state index in [1.54, 1.807) is 0 Å². The molecular formula is C9H7F3N4S. The molecule has 8 heteroatoms. The second-order valence-electron chi connectivity index (χ2n) is 3.27. The van der Waals surface area contributed by atoms with Crippen LogP contribution in [0.5, 0.6) is 0 Å². The lowest BCUT2D eigenvalue weighted by molar-refractivity contribution is -0.138. The van der Waals surface area contributed by atoms with Crippen molar-refractivity contribution in [2.45, 2.75) is 12.2 Å². The molecule has 0 saturated carbocycles. The molecule has 0 bridgehead atoms. The summed E-state index contributed by atoms with van der Waals surface area (Å²) in [5.41, 5.74) is 5.12. The van der Waals surface area contributed by atoms with Gasteiger partial charge in [0.05, 0.1) is 17.3 Å². The number of hydrogen-bond donors (Lipinski definition) is 1. The highest BCUT2D eigenvalue weighted by molar-refractivity contribution is 7.03. The molecule has 1 atom stereocenters. The van der Waals surface area contributed by atoms with Crippen molar-refractivity contribution >= 4 is 11.5 Å². The smallest absolute Gasteiger partial charge is 0.319 e. The SMILES string of the molecule is NC(c1csnn1)c1cnccc1C(F)(F)F. The average molecular weight is 260 g/mol. The van der Waals surface area contributed by atoms with Crippen LogP contribution in [0, 0.1) is 0 Å². The summed E-state index contributed by atoms with van der Waals surface area (Å²) >= 11 is 1.03. The van der Waals surface area contributed by atoms with E-state index in [-0.39, 0.29) is 5.56 Å². The van der Waals surface area contributed by atoms with Gasteiger partial charge in [-0.3, -0.25) is 4.98 Å². The predicted octanol–water partition coefficient (Wildman–Crippen LogP) is 2.00. The summed E-state index contributed by atoms with van der Waals surface area (Å²) in [5, 5.41) is 5.18. The largest absolute Gasteiger partial charge is 0.416 e. The van der Waals surface area contributed by atoms with Crippen LogP contribution < -0.4 is 5.73 Å². The zero-order valence-corrected chi connectivity index (χ0v) is 9.16. The number of hydrogen-bond acceptors (Lipinski definition) is 5. The quantitative estimate of drug-likeness (QED) is 0.897. The minimum Gasteiger partial charge on any atom is -0.319 e. The number of pyridine rings is 1. The molecule has 0 aliphatic carbocycles. The molecule has 0 spiro atoms. The molecule has 0 aromatic carbocycles. The molecule has 17 heavy (non-hydrogen) atoms. The molecule has 90 valence electrons. The zero-order valence-electron chi connectivity index (χ0n) is 8.35. The molecule has 0 aliphatic heterocycles. The minimum atomic E-state index is -4.46. The molecule has 0 aliphatic rings. The van der Waals surface area contributed by atoms with Crippen LogP contribution >= 0.6 is 11.5 Å². The summed E-state index contributed by atoms with van der Waals surface area (Å²) in [6, 6.07) is -0.0753. The standard InChI is InChI=1S/C9H7F3N4S/c10-9(11,12)6-1-2-14-3-5(6)8(13)7-4-17-16-15-7/h1-4,8H,13H2. The van der Waals surface area contributed by atoms with Gasteiger partial charge in [-0.25, -0.2) is 0 Å². The Morgan fingerprint density at radius 2 is 2.12 bits per heavy atom. The molecule has 1 unspecified atom stereocenters. The summed E-state index contributed by atoms with van der Waals surface area (Å²) in [5.74, 6) is 0. The van der Waals surface area contributed by atoms with E-state index in [1.165, 1.54) is 5.38 Å². The van der Waals surface area contributed by atoms with E-state index in [4.69, 9.17) is 5.73 Å². The molecular weight excluding hydrogens is 253 g/mol. The molecule has 0 amide bonds. The van der Waals surface area contributed by atoms with E-state index in [2.05, 4.69) is 14.6 Å². The van der Waals surface area contributed by atoms with E-state index in [0.717, 1.165) is 30.0 Å². The number of aromatic nitrogens is 3. The number of alkyl halides is 3. The van der Waals surface area contributed by atoms with Gasteiger partial charge in [-0.05, 0) is 17.6 Å². The molecule has 2 aromatic heterocycles. The van der Waals surface area contributed by atoms with Crippen molar-refractivity contribution in [2.24, 2.45) is 5.73 Å². The Hall–Kier alpha value is -1.54. The van der Waals surface area contributed by atoms with Crippen molar-refractivity contribution in [1.29, 1.82) is 0 Å². The second-order valence-corrected chi connectivity index (χ2v) is 3.88. The van der Waals surface area contributed by atoms with Gasteiger partial charge in [0.2, 0.25) is 0 Å². The molecule has 0 fully saturated rings. The molecule has 0 radical (unpaired) electrons. The van der Waals surface area contributed by atoms with Crippen molar-refractivity contribution in [3.63, 3.8) is 0 Å². The van der Waals surface area contributed by atoms with Gasteiger partial charge in [-0.2, -0.15) is 13.2 Å². The summed E-state index contributed by atoms with van der Waals surface area (Å²) < 4.78 is 41.8. The predicted molar refractivity (Wildman–Crippen MR) is 55.2 cm³/mol. The first-order chi connectivity index (χ1) is 8.00. The molecule has 4 nitrogen and oxygen atoms in total. The molecule has 0 saturated heterocycles. The van der Waals surface area contributed by atoms with Crippen LogP contribution in [0.4, 0.5) is 13.2 Å². The van der Waals surface area contributed by atoms with Gasteiger partial charge in [-0.1, -0.05) is 4.49 Å². The van der Waals surface area contributed by atoms with Crippen LogP contribution in [0.2, 0.25) is 0 Å². The van der Waals surface area contributed by atoms with Crippen molar-refractivity contribution < 1.29 is 13.2 Å². The van der Waals surface area contributed by atoms with Crippen molar-refractivity contribution in [3.05, 3.63) is 40.7 Å². The van der Waals surface area contributed by atoms with E-state index in [0.29, 0.717) is 5.69 Å². The number of halogens is 3. The highest BCUT2D eigenvalue weighted by Gasteiger charge is 2.35. The lowest BCUT2D eigenvalue weighted by atomic mass is 10.0. The Balaban J connectivity index is 2.46. The van der Waals surface area contributed by atoms with Gasteiger partial charge in [0.25, 0.3) is 0 Å². The summed E-state index contributed by atoms with van der Waals surface area (Å²) in [6.45, 7) is 0. The third kappa shape index (κ3) is 2.42. The number of rotatable bonds is 2. The van der Waals surface area contributed by atoms with E-state index < -0.39 is 17.8 Å². The monoisotopic (exact) mass is 260 g/mol. The summed E-state index contributed by atoms with van der Waals surface area (Å²) in [6.07, 6.45) is -2.27. The third-order valence-electron chi connectivity index (χ3n) is 2.19. The fourth-order valence-corrected chi connectivity index (χ4v) is 1.87. The van der Waals surface area contributed by atoms with Gasteiger partial charge in [0, 0.05) is 23.3 Å². The fraction of sp³-hybridized carbons (Fsp3) is 0.222. The summed E-state index contributed by atoms with van der Waals surface area (Å²) in [7, 11) is 0. The van der Waals surface area contributed by atoms with Crippen molar-refractivity contribution in [2.75, 3.05) is 0 Å². The minimum absolute atomic E-state index is 0.104. The Kier molecular flexibility index (Phi) is 3.07. The highest BCUT2D eigenvalue weighted by Crippen LogP contribution is 2.34. The first-order valence-electron chi connectivity index (χ1n) is 4.54. The van der Waals surface area contributed by atoms with Crippen LogP contribution in [0.25, 0.3) is 0 Å². The average Bonchev–Trinajstić information content (AvgIpc) is 2.80. The topological polar surface area (TPSA) is 64.7 Å². The molecule has 2 heterocycles. The van der Waals surface area contributed by atoms with Crippen molar-refractivity contribution in [1.82, 2.24) is 14.6 Å². The zero-order chi connectivity index (χ0) is 12.5. The van der Waals surface area contributed by atoms with Gasteiger partial charge < -0.3 is 5.73 Å². The van der Waals surface area contributed by atoms with Crippen molar-refractivity contribution in [3.8, 4) is 0 Å². The Morgan fingerprint density at radius 3 is 2.71 bits per heavy atom. The molecule has 2 aromatic rings. The van der Waals surface area contributed by atoms with Crippen LogP contribution in [0.3, 0.4) is 0 Å². The molecule has 2 N–H and O–H groups in total. The lowest BCUT2D eigenvalue weighted by Gasteiger charge is -2.15. The Labute approximate surface area is 98.5 Å². The summed E-state index contributed by atoms with van der Waals surface area (Å²) in [4.78, 5) is 3.67. The van der Waals surface area contributed by atoms with Gasteiger partial charge in [0.1, 0.15) is 0 Å². The maximum atomic E-state index is 12.7. The molecule has 2 rings (SSSR count). The highest BCUT2D eigenvalue weighted by atomic mass is 32.1. The third-order valence-corrected chi connectivity index (χ3v) is 2.71. The van der Waals surface area contributed by atoms with Gasteiger partial charge in [0.15, 0.2) is 0 Å². The van der Waals surface area contributed by atoms with E-state index in [1.807, 2.05) is 0 Å². The van der Waals surface area contributed by atoms with E-state index >= 15 is 0 Å². The fourth-order valence-electron chi connectivity index (χ4n) is 1.38.